The van der Waals surface area contributed by atoms with Crippen molar-refractivity contribution < 1.29 is 0 Å². The molecule has 0 amide bonds. The molecule has 21 heavy (non-hydrogen) atoms. The smallest absolute Gasteiger partial charge is 0.148 e. The van der Waals surface area contributed by atoms with Crippen LogP contribution in [0.1, 0.15) is 5.56 Å². The Hall–Kier alpha value is -2.63. The fourth-order valence-electron chi connectivity index (χ4n) is 2.22. The van der Waals surface area contributed by atoms with Gasteiger partial charge in [-0.3, -0.25) is 0 Å². The van der Waals surface area contributed by atoms with E-state index in [9.17, 15) is 5.26 Å². The van der Waals surface area contributed by atoms with Gasteiger partial charge in [0.05, 0.1) is 11.3 Å². The lowest BCUT2D eigenvalue weighted by atomic mass is 9.99. The molecule has 3 rings (SSSR count). The van der Waals surface area contributed by atoms with Gasteiger partial charge in [0.2, 0.25) is 0 Å². The summed E-state index contributed by atoms with van der Waals surface area (Å²) in [6.07, 6.45) is 0. The highest BCUT2D eigenvalue weighted by Gasteiger charge is 2.13. The van der Waals surface area contributed by atoms with E-state index in [0.29, 0.717) is 5.56 Å². The zero-order chi connectivity index (χ0) is 14.7. The highest BCUT2D eigenvalue weighted by molar-refractivity contribution is 6.31. The van der Waals surface area contributed by atoms with E-state index in [-0.39, 0.29) is 5.15 Å². The Morgan fingerprint density at radius 1 is 0.857 bits per heavy atom. The monoisotopic (exact) mass is 290 g/mol. The molecule has 0 aliphatic heterocycles. The molecule has 2 aromatic carbocycles. The number of pyridine rings is 1. The maximum Gasteiger partial charge on any atom is 0.148 e. The minimum atomic E-state index is 0.234. The van der Waals surface area contributed by atoms with Gasteiger partial charge in [-0.2, -0.15) is 5.26 Å². The van der Waals surface area contributed by atoms with E-state index >= 15 is 0 Å². The Kier molecular flexibility index (Phi) is 3.68. The van der Waals surface area contributed by atoms with Crippen molar-refractivity contribution >= 4 is 11.6 Å². The van der Waals surface area contributed by atoms with E-state index in [2.05, 4.69) is 11.1 Å². The summed E-state index contributed by atoms with van der Waals surface area (Å²) >= 11 is 6.20. The van der Waals surface area contributed by atoms with Crippen LogP contribution in [-0.4, -0.2) is 4.98 Å². The molecule has 3 heteroatoms. The summed E-state index contributed by atoms with van der Waals surface area (Å²) in [4.78, 5) is 4.34. The van der Waals surface area contributed by atoms with Crippen molar-refractivity contribution in [3.8, 4) is 28.5 Å². The van der Waals surface area contributed by atoms with Crippen LogP contribution in [0.4, 0.5) is 0 Å². The zero-order valence-electron chi connectivity index (χ0n) is 11.1. The van der Waals surface area contributed by atoms with Crippen LogP contribution in [-0.2, 0) is 0 Å². The van der Waals surface area contributed by atoms with Crippen molar-refractivity contribution in [2.24, 2.45) is 0 Å². The molecular weight excluding hydrogens is 280 g/mol. The Bertz CT molecular complexity index is 806. The Labute approximate surface area is 128 Å². The number of benzene rings is 2. The summed E-state index contributed by atoms with van der Waals surface area (Å²) in [6, 6.07) is 23.6. The predicted molar refractivity (Wildman–Crippen MR) is 84.8 cm³/mol. The lowest BCUT2D eigenvalue weighted by molar-refractivity contribution is 1.30. The molecule has 1 aromatic heterocycles. The van der Waals surface area contributed by atoms with Crippen LogP contribution in [0.3, 0.4) is 0 Å². The van der Waals surface area contributed by atoms with E-state index in [0.717, 1.165) is 22.4 Å². The minimum absolute atomic E-state index is 0.234. The van der Waals surface area contributed by atoms with Gasteiger partial charge in [-0.05, 0) is 11.6 Å². The highest BCUT2D eigenvalue weighted by atomic mass is 35.5. The number of rotatable bonds is 2. The molecule has 1 heterocycles. The van der Waals surface area contributed by atoms with Gasteiger partial charge in [-0.25, -0.2) is 4.98 Å². The Morgan fingerprint density at radius 2 is 1.43 bits per heavy atom. The molecule has 0 aliphatic carbocycles. The lowest BCUT2D eigenvalue weighted by Gasteiger charge is -2.09. The molecule has 0 N–H and O–H groups in total. The van der Waals surface area contributed by atoms with E-state index in [1.807, 2.05) is 66.7 Å². The van der Waals surface area contributed by atoms with Crippen LogP contribution in [0, 0.1) is 11.3 Å². The van der Waals surface area contributed by atoms with Crippen molar-refractivity contribution in [1.29, 1.82) is 5.26 Å². The molecule has 3 aromatic rings. The Morgan fingerprint density at radius 3 is 2.00 bits per heavy atom. The van der Waals surface area contributed by atoms with Crippen LogP contribution in [0.25, 0.3) is 22.4 Å². The average Bonchev–Trinajstić information content (AvgIpc) is 2.55. The second-order valence-electron chi connectivity index (χ2n) is 4.56. The average molecular weight is 291 g/mol. The van der Waals surface area contributed by atoms with Gasteiger partial charge in [0.25, 0.3) is 0 Å². The topological polar surface area (TPSA) is 36.7 Å². The van der Waals surface area contributed by atoms with Crippen LogP contribution in [0.15, 0.2) is 66.7 Å². The summed E-state index contributed by atoms with van der Waals surface area (Å²) in [5.41, 5.74) is 3.90. The van der Waals surface area contributed by atoms with Gasteiger partial charge in [-0.15, -0.1) is 0 Å². The van der Waals surface area contributed by atoms with E-state index in [4.69, 9.17) is 11.6 Å². The van der Waals surface area contributed by atoms with E-state index < -0.39 is 0 Å². The molecule has 0 atom stereocenters. The van der Waals surface area contributed by atoms with Gasteiger partial charge < -0.3 is 0 Å². The van der Waals surface area contributed by atoms with Gasteiger partial charge in [0.15, 0.2) is 0 Å². The van der Waals surface area contributed by atoms with Crippen LogP contribution < -0.4 is 0 Å². The summed E-state index contributed by atoms with van der Waals surface area (Å²) < 4.78 is 0. The fraction of sp³-hybridized carbons (Fsp3) is 0. The van der Waals surface area contributed by atoms with Crippen molar-refractivity contribution in [2.45, 2.75) is 0 Å². The molecule has 0 aliphatic rings. The van der Waals surface area contributed by atoms with Gasteiger partial charge in [0, 0.05) is 11.1 Å². The third-order valence-corrected chi connectivity index (χ3v) is 3.51. The number of halogens is 1. The molecule has 0 saturated heterocycles. The first kappa shape index (κ1) is 13.4. The van der Waals surface area contributed by atoms with Crippen molar-refractivity contribution in [1.82, 2.24) is 4.98 Å². The summed E-state index contributed by atoms with van der Waals surface area (Å²) in [5.74, 6) is 0. The van der Waals surface area contributed by atoms with E-state index in [1.54, 1.807) is 0 Å². The van der Waals surface area contributed by atoms with Crippen LogP contribution in [0.2, 0.25) is 5.15 Å². The van der Waals surface area contributed by atoms with Crippen molar-refractivity contribution in [2.75, 3.05) is 0 Å². The summed E-state index contributed by atoms with van der Waals surface area (Å²) in [7, 11) is 0. The summed E-state index contributed by atoms with van der Waals surface area (Å²) in [6.45, 7) is 0. The molecule has 100 valence electrons. The molecular formula is C18H11ClN2. The van der Waals surface area contributed by atoms with E-state index in [1.165, 1.54) is 0 Å². The standard InChI is InChI=1S/C18H11ClN2/c19-18-16(12-20)15(13-7-3-1-4-8-13)11-17(21-18)14-9-5-2-6-10-14/h1-11H. The third kappa shape index (κ3) is 2.65. The minimum Gasteiger partial charge on any atom is -0.235 e. The second kappa shape index (κ2) is 5.78. The summed E-state index contributed by atoms with van der Waals surface area (Å²) in [5, 5.41) is 9.58. The predicted octanol–water partition coefficient (Wildman–Crippen LogP) is 4.94. The van der Waals surface area contributed by atoms with Gasteiger partial charge in [0.1, 0.15) is 11.2 Å². The lowest BCUT2D eigenvalue weighted by Crippen LogP contribution is -1.93. The maximum atomic E-state index is 9.35. The molecule has 0 fully saturated rings. The first-order valence-corrected chi connectivity index (χ1v) is 6.89. The number of nitrogens with zero attached hydrogens (tertiary/aromatic N) is 2. The zero-order valence-corrected chi connectivity index (χ0v) is 11.9. The SMILES string of the molecule is N#Cc1c(-c2ccccc2)cc(-c2ccccc2)nc1Cl. The van der Waals surface area contributed by atoms with Gasteiger partial charge in [-0.1, -0.05) is 72.3 Å². The fourth-order valence-corrected chi connectivity index (χ4v) is 2.46. The molecule has 0 radical (unpaired) electrons. The molecule has 0 unspecified atom stereocenters. The van der Waals surface area contributed by atoms with Crippen LogP contribution >= 0.6 is 11.6 Å². The first-order chi connectivity index (χ1) is 10.3. The number of aromatic nitrogens is 1. The van der Waals surface area contributed by atoms with Crippen molar-refractivity contribution in [3.63, 3.8) is 0 Å². The first-order valence-electron chi connectivity index (χ1n) is 6.51. The van der Waals surface area contributed by atoms with Gasteiger partial charge >= 0.3 is 0 Å². The molecule has 0 spiro atoms. The number of nitriles is 1. The molecule has 0 bridgehead atoms. The number of hydrogen-bond acceptors (Lipinski definition) is 2. The molecule has 2 nitrogen and oxygen atoms in total. The Balaban J connectivity index is 2.24. The highest BCUT2D eigenvalue weighted by Crippen LogP contribution is 2.31. The van der Waals surface area contributed by atoms with Crippen LogP contribution in [0.5, 0.6) is 0 Å². The normalized spacial score (nSPS) is 10.1. The largest absolute Gasteiger partial charge is 0.235 e. The molecule has 0 saturated carbocycles. The number of hydrogen-bond donors (Lipinski definition) is 0. The van der Waals surface area contributed by atoms with Crippen molar-refractivity contribution in [3.05, 3.63) is 77.4 Å². The third-order valence-electron chi connectivity index (χ3n) is 3.24. The quantitative estimate of drug-likeness (QED) is 0.627. The maximum absolute atomic E-state index is 9.35. The second-order valence-corrected chi connectivity index (χ2v) is 4.92.